The predicted molar refractivity (Wildman–Crippen MR) is 271 cm³/mol. The fourth-order valence-electron chi connectivity index (χ4n) is 10.6. The molecule has 66 heavy (non-hydrogen) atoms. The molecule has 0 fully saturated rings. The number of benzene rings is 10. The van der Waals surface area contributed by atoms with Gasteiger partial charge in [-0.2, -0.15) is 0 Å². The van der Waals surface area contributed by atoms with Gasteiger partial charge in [-0.05, 0) is 109 Å². The van der Waals surface area contributed by atoms with E-state index in [0.717, 1.165) is 72.3 Å². The van der Waals surface area contributed by atoms with E-state index in [1.807, 2.05) is 18.2 Å². The van der Waals surface area contributed by atoms with Crippen LogP contribution in [0.15, 0.2) is 247 Å². The number of nitrogens with zero attached hydrogens (tertiary/aromatic N) is 2. The molecule has 2 aromatic heterocycles. The summed E-state index contributed by atoms with van der Waals surface area (Å²) in [4.78, 5) is 10.9. The second-order valence-electron chi connectivity index (χ2n) is 17.2. The molecule has 0 spiro atoms. The molecular formula is C63H40N2O. The van der Waals surface area contributed by atoms with Crippen molar-refractivity contribution in [3.63, 3.8) is 0 Å². The van der Waals surface area contributed by atoms with Crippen molar-refractivity contribution in [2.45, 2.75) is 5.41 Å². The second kappa shape index (κ2) is 15.3. The molecule has 3 heteroatoms. The predicted octanol–water partition coefficient (Wildman–Crippen LogP) is 16.2. The molecule has 308 valence electrons. The van der Waals surface area contributed by atoms with E-state index in [0.29, 0.717) is 5.82 Å². The second-order valence-corrected chi connectivity index (χ2v) is 17.2. The van der Waals surface area contributed by atoms with E-state index < -0.39 is 5.41 Å². The molecule has 1 aliphatic carbocycles. The van der Waals surface area contributed by atoms with Gasteiger partial charge in [0.2, 0.25) is 0 Å². The Morgan fingerprint density at radius 3 is 1.74 bits per heavy atom. The third kappa shape index (κ3) is 5.98. The Morgan fingerprint density at radius 1 is 0.333 bits per heavy atom. The van der Waals surface area contributed by atoms with Gasteiger partial charge in [0.05, 0.1) is 16.8 Å². The number of furan rings is 1. The van der Waals surface area contributed by atoms with Crippen molar-refractivity contribution < 1.29 is 4.42 Å². The molecule has 0 radical (unpaired) electrons. The molecule has 0 aliphatic heterocycles. The lowest BCUT2D eigenvalue weighted by atomic mass is 9.67. The largest absolute Gasteiger partial charge is 0.456 e. The molecule has 0 bridgehead atoms. The fourth-order valence-corrected chi connectivity index (χ4v) is 10.6. The summed E-state index contributed by atoms with van der Waals surface area (Å²) in [5.74, 6) is 0.671. The van der Waals surface area contributed by atoms with Crippen molar-refractivity contribution in [3.8, 4) is 67.3 Å². The number of hydrogen-bond acceptors (Lipinski definition) is 3. The lowest BCUT2D eigenvalue weighted by Crippen LogP contribution is -2.28. The van der Waals surface area contributed by atoms with Gasteiger partial charge in [0.15, 0.2) is 5.82 Å². The summed E-state index contributed by atoms with van der Waals surface area (Å²) in [5.41, 5.74) is 17.7. The molecule has 2 heterocycles. The van der Waals surface area contributed by atoms with Crippen LogP contribution in [0, 0.1) is 0 Å². The molecule has 13 rings (SSSR count). The van der Waals surface area contributed by atoms with Crippen LogP contribution in [0.1, 0.15) is 22.3 Å². The minimum Gasteiger partial charge on any atom is -0.456 e. The molecule has 0 saturated carbocycles. The molecular weight excluding hydrogens is 801 g/mol. The van der Waals surface area contributed by atoms with Crippen LogP contribution in [0.2, 0.25) is 0 Å². The summed E-state index contributed by atoms with van der Waals surface area (Å²) in [7, 11) is 0. The van der Waals surface area contributed by atoms with E-state index in [1.54, 1.807) is 0 Å². The Balaban J connectivity index is 1.08. The zero-order valence-electron chi connectivity index (χ0n) is 35.9. The highest BCUT2D eigenvalue weighted by molar-refractivity contribution is 6.13. The zero-order chi connectivity index (χ0) is 43.6. The van der Waals surface area contributed by atoms with Gasteiger partial charge in [-0.25, -0.2) is 9.97 Å². The van der Waals surface area contributed by atoms with E-state index in [2.05, 4.69) is 224 Å². The van der Waals surface area contributed by atoms with Gasteiger partial charge < -0.3 is 4.42 Å². The third-order valence-electron chi connectivity index (χ3n) is 13.5. The minimum absolute atomic E-state index is 0.538. The molecule has 0 atom stereocenters. The smallest absolute Gasteiger partial charge is 0.160 e. The first-order chi connectivity index (χ1) is 32.7. The number of para-hydroxylation sites is 1. The lowest BCUT2D eigenvalue weighted by Gasteiger charge is -2.33. The monoisotopic (exact) mass is 840 g/mol. The van der Waals surface area contributed by atoms with Gasteiger partial charge in [-0.15, -0.1) is 0 Å². The fraction of sp³-hybridized carbons (Fsp3) is 0.0159. The molecule has 3 nitrogen and oxygen atoms in total. The quantitative estimate of drug-likeness (QED) is 0.160. The molecule has 0 saturated heterocycles. The maximum Gasteiger partial charge on any atom is 0.160 e. The van der Waals surface area contributed by atoms with Crippen LogP contribution in [0.25, 0.3) is 100.0 Å². The summed E-state index contributed by atoms with van der Waals surface area (Å²) in [5, 5.41) is 4.60. The zero-order valence-corrected chi connectivity index (χ0v) is 35.9. The minimum atomic E-state index is -0.538. The average Bonchev–Trinajstić information content (AvgIpc) is 3.93. The Labute approximate surface area is 383 Å². The third-order valence-corrected chi connectivity index (χ3v) is 13.5. The van der Waals surface area contributed by atoms with Crippen LogP contribution >= 0.6 is 0 Å². The summed E-state index contributed by atoms with van der Waals surface area (Å²) >= 11 is 0. The molecule has 0 amide bonds. The highest BCUT2D eigenvalue weighted by Gasteiger charge is 2.46. The number of rotatable bonds is 7. The lowest BCUT2D eigenvalue weighted by molar-refractivity contribution is 0.669. The van der Waals surface area contributed by atoms with Gasteiger partial charge >= 0.3 is 0 Å². The van der Waals surface area contributed by atoms with Gasteiger partial charge in [0, 0.05) is 27.5 Å². The van der Waals surface area contributed by atoms with Gasteiger partial charge in [0.25, 0.3) is 0 Å². The highest BCUT2D eigenvalue weighted by atomic mass is 16.3. The van der Waals surface area contributed by atoms with E-state index in [-0.39, 0.29) is 0 Å². The first-order valence-corrected chi connectivity index (χ1v) is 22.6. The van der Waals surface area contributed by atoms with E-state index >= 15 is 0 Å². The molecule has 10 aromatic carbocycles. The highest BCUT2D eigenvalue weighted by Crippen LogP contribution is 2.58. The van der Waals surface area contributed by atoms with Crippen molar-refractivity contribution in [1.82, 2.24) is 9.97 Å². The molecule has 1 aliphatic rings. The Kier molecular flexibility index (Phi) is 8.75. The van der Waals surface area contributed by atoms with Crippen molar-refractivity contribution >= 4 is 32.7 Å². The van der Waals surface area contributed by atoms with Crippen LogP contribution in [0.3, 0.4) is 0 Å². The standard InChI is InChI=1S/C63H40N2O/c1-4-19-42(20-5-1)62-64-56(40-57(65-62)52-29-16-31-55-60(52)51-26-12-14-30-54(51)63(55,48-22-6-2-7-23-48)49-24-8-3-9-25-49)47-38-45(44-35-34-41-18-10-11-21-43(41)36-44)37-46(39-47)50-28-17-33-59-61(50)53-27-13-15-32-58(53)66-59/h1-40H. The summed E-state index contributed by atoms with van der Waals surface area (Å²) < 4.78 is 6.43. The van der Waals surface area contributed by atoms with Crippen LogP contribution < -0.4 is 0 Å². The topological polar surface area (TPSA) is 38.9 Å². The average molecular weight is 841 g/mol. The van der Waals surface area contributed by atoms with Crippen LogP contribution in [0.5, 0.6) is 0 Å². The SMILES string of the molecule is c1ccc(-c2nc(-c3cc(-c4ccc5ccccc5c4)cc(-c4cccc5oc6ccccc6c45)c3)cc(-c3cccc4c3-c3ccccc3C4(c3ccccc3)c3ccccc3)n2)cc1. The normalized spacial score (nSPS) is 12.7. The van der Waals surface area contributed by atoms with Crippen molar-refractivity contribution in [2.24, 2.45) is 0 Å². The van der Waals surface area contributed by atoms with Gasteiger partial charge in [0.1, 0.15) is 11.2 Å². The summed E-state index contributed by atoms with van der Waals surface area (Å²) in [6.07, 6.45) is 0. The number of aromatic nitrogens is 2. The van der Waals surface area contributed by atoms with E-state index in [4.69, 9.17) is 14.4 Å². The van der Waals surface area contributed by atoms with Crippen LogP contribution in [-0.4, -0.2) is 9.97 Å². The maximum atomic E-state index is 6.43. The van der Waals surface area contributed by atoms with Crippen LogP contribution in [-0.2, 0) is 5.41 Å². The first kappa shape index (κ1) is 37.9. The summed E-state index contributed by atoms with van der Waals surface area (Å²) in [6.45, 7) is 0. The number of hydrogen-bond donors (Lipinski definition) is 0. The van der Waals surface area contributed by atoms with E-state index in [1.165, 1.54) is 44.2 Å². The number of fused-ring (bicyclic) bond motifs is 7. The Morgan fingerprint density at radius 2 is 0.924 bits per heavy atom. The van der Waals surface area contributed by atoms with Crippen molar-refractivity contribution in [1.29, 1.82) is 0 Å². The van der Waals surface area contributed by atoms with Gasteiger partial charge in [-0.3, -0.25) is 0 Å². The van der Waals surface area contributed by atoms with E-state index in [9.17, 15) is 0 Å². The van der Waals surface area contributed by atoms with Gasteiger partial charge in [-0.1, -0.05) is 200 Å². The Bertz CT molecular complexity index is 3780. The first-order valence-electron chi connectivity index (χ1n) is 22.6. The summed E-state index contributed by atoms with van der Waals surface area (Å²) in [6, 6.07) is 87.1. The molecule has 12 aromatic rings. The van der Waals surface area contributed by atoms with Crippen molar-refractivity contribution in [2.75, 3.05) is 0 Å². The van der Waals surface area contributed by atoms with Crippen molar-refractivity contribution in [3.05, 3.63) is 265 Å². The maximum absolute atomic E-state index is 6.43. The Hall–Kier alpha value is -8.66. The molecule has 0 N–H and O–H groups in total. The van der Waals surface area contributed by atoms with Crippen LogP contribution in [0.4, 0.5) is 0 Å². The molecule has 0 unspecified atom stereocenters.